The molecule has 3 N–H and O–H groups in total. The summed E-state index contributed by atoms with van der Waals surface area (Å²) < 4.78 is 22.0. The number of hydrogen-bond acceptors (Lipinski definition) is 3. The van der Waals surface area contributed by atoms with Crippen molar-refractivity contribution < 1.29 is 49.3 Å². The van der Waals surface area contributed by atoms with Crippen LogP contribution in [0.2, 0.25) is 0 Å². The van der Waals surface area contributed by atoms with Crippen LogP contribution in [0.3, 0.4) is 0 Å². The molecule has 3 nitrogen and oxygen atoms in total. The van der Waals surface area contributed by atoms with Crippen molar-refractivity contribution in [3.8, 4) is 0 Å². The Kier molecular flexibility index (Phi) is 9.83. The summed E-state index contributed by atoms with van der Waals surface area (Å²) in [7, 11) is 0. The topological polar surface area (TPSA) is 60.7 Å². The van der Waals surface area contributed by atoms with Gasteiger partial charge in [-0.05, 0) is 0 Å². The molecular weight excluding hydrogens is 432 g/mol. The fraction of sp³-hybridized carbons (Fsp3) is 0. The van der Waals surface area contributed by atoms with Gasteiger partial charge in [0.05, 0.1) is 0 Å². The Labute approximate surface area is 49.4 Å². The zero-order valence-corrected chi connectivity index (χ0v) is 6.80. The normalized spacial score (nSPS) is 9.00. The number of rotatable bonds is 0. The Hall–Kier alpha value is 1.18. The fourth-order valence-electron chi connectivity index (χ4n) is 0. The molecule has 0 aromatic heterocycles. The molecule has 0 aliphatic heterocycles. The van der Waals surface area contributed by atoms with Gasteiger partial charge in [-0.3, -0.25) is 0 Å². The molecule has 0 saturated carbocycles. The molecule has 0 rings (SSSR count). The van der Waals surface area contributed by atoms with Gasteiger partial charge in [-0.1, -0.05) is 0 Å². The van der Waals surface area contributed by atoms with Gasteiger partial charge in [0, 0.05) is 20.1 Å². The van der Waals surface area contributed by atoms with Gasteiger partial charge in [0.2, 0.25) is 0 Å². The Morgan fingerprint density at radius 2 is 1.00 bits per heavy atom. The second-order valence-electron chi connectivity index (χ2n) is 0.200. The van der Waals surface area contributed by atoms with Crippen LogP contribution in [0.25, 0.3) is 0 Å². The minimum absolute atomic E-state index is 0. The van der Waals surface area contributed by atoms with Crippen LogP contribution >= 0.6 is 0 Å². The van der Waals surface area contributed by atoms with Crippen LogP contribution < -0.4 is 0 Å². The molecule has 0 bridgehead atoms. The standard InChI is InChI=1S/2Ir.3H2O/h;;3*1H2/q;+3;;;/p-3. The third-order valence-electron chi connectivity index (χ3n) is 0. The van der Waals surface area contributed by atoms with Gasteiger partial charge in [-0.25, -0.2) is 0 Å². The van der Waals surface area contributed by atoms with Gasteiger partial charge >= 0.3 is 29.2 Å². The molecule has 0 fully saturated rings. The van der Waals surface area contributed by atoms with E-state index in [9.17, 15) is 0 Å². The van der Waals surface area contributed by atoms with E-state index in [-0.39, 0.29) is 20.1 Å². The minimum atomic E-state index is -3.33. The van der Waals surface area contributed by atoms with Gasteiger partial charge < -0.3 is 0 Å². The Morgan fingerprint density at radius 3 is 1.00 bits per heavy atom. The predicted octanol–water partition coefficient (Wildman–Crippen LogP) is -1.68. The molecule has 0 aromatic rings. The maximum absolute atomic E-state index is 7.33. The molecule has 0 atom stereocenters. The molecule has 5 heteroatoms. The second-order valence-corrected chi connectivity index (χ2v) is 1.64. The van der Waals surface area contributed by atoms with Crippen LogP contribution in [0.4, 0.5) is 0 Å². The van der Waals surface area contributed by atoms with E-state index in [0.717, 1.165) is 0 Å². The van der Waals surface area contributed by atoms with Gasteiger partial charge in [0.1, 0.15) is 0 Å². The van der Waals surface area contributed by atoms with Crippen LogP contribution in [0.5, 0.6) is 0 Å². The first-order chi connectivity index (χ1) is 1.73. The third-order valence-corrected chi connectivity index (χ3v) is 0. The molecule has 39 valence electrons. The summed E-state index contributed by atoms with van der Waals surface area (Å²) in [4.78, 5) is 0. The monoisotopic (exact) mass is 437 g/mol. The summed E-state index contributed by atoms with van der Waals surface area (Å²) in [6.45, 7) is 0. The Bertz CT molecular complexity index is 9.61. The van der Waals surface area contributed by atoms with E-state index in [1.54, 1.807) is 0 Å². The van der Waals surface area contributed by atoms with Crippen LogP contribution in [0, 0.1) is 0 Å². The summed E-state index contributed by atoms with van der Waals surface area (Å²) in [5.41, 5.74) is 0. The zero-order valence-electron chi connectivity index (χ0n) is 2.01. The van der Waals surface area contributed by atoms with Crippen molar-refractivity contribution >= 4 is 0 Å². The van der Waals surface area contributed by atoms with Crippen molar-refractivity contribution in [3.05, 3.63) is 0 Å². The van der Waals surface area contributed by atoms with Crippen molar-refractivity contribution in [2.45, 2.75) is 0 Å². The summed E-state index contributed by atoms with van der Waals surface area (Å²) >= 11 is -3.33. The molecule has 0 unspecified atom stereocenters. The maximum atomic E-state index is 7.33. The zero-order chi connectivity index (χ0) is 3.58. The van der Waals surface area contributed by atoms with Crippen LogP contribution in [0.15, 0.2) is 0 Å². The second kappa shape index (κ2) is 5.18. The van der Waals surface area contributed by atoms with E-state index in [2.05, 4.69) is 0 Å². The molecule has 0 spiro atoms. The van der Waals surface area contributed by atoms with E-state index in [4.69, 9.17) is 11.6 Å². The van der Waals surface area contributed by atoms with E-state index in [0.29, 0.717) is 0 Å². The fourth-order valence-corrected chi connectivity index (χ4v) is 0. The first-order valence-corrected chi connectivity index (χ1v) is 3.66. The molecule has 0 heterocycles. The van der Waals surface area contributed by atoms with E-state index in [1.807, 2.05) is 0 Å². The molecular formula is H3Ir2O3. The van der Waals surface area contributed by atoms with Crippen molar-refractivity contribution in [1.82, 2.24) is 0 Å². The summed E-state index contributed by atoms with van der Waals surface area (Å²) in [6, 6.07) is 0. The van der Waals surface area contributed by atoms with Crippen molar-refractivity contribution in [2.24, 2.45) is 0 Å². The van der Waals surface area contributed by atoms with Crippen molar-refractivity contribution in [3.63, 3.8) is 0 Å². The summed E-state index contributed by atoms with van der Waals surface area (Å²) in [5, 5.41) is 0. The number of hydrogen-bond donors (Lipinski definition) is 3. The quantitative estimate of drug-likeness (QED) is 0.426. The van der Waals surface area contributed by atoms with E-state index < -0.39 is 17.6 Å². The summed E-state index contributed by atoms with van der Waals surface area (Å²) in [5.74, 6) is 0. The van der Waals surface area contributed by atoms with Crippen molar-refractivity contribution in [2.75, 3.05) is 0 Å². The van der Waals surface area contributed by atoms with Gasteiger partial charge in [0.25, 0.3) is 0 Å². The Balaban J connectivity index is 0. The SMILES string of the molecule is [Ir].[OH][Ir]([OH])[OH]. The molecule has 1 radical (unpaired) electrons. The predicted molar refractivity (Wildman–Crippen MR) is 6.66 cm³/mol. The molecule has 0 saturated heterocycles. The molecule has 0 aliphatic carbocycles. The average molecular weight is 435 g/mol. The average Bonchev–Trinajstić information content (AvgIpc) is 0.811. The molecule has 0 aromatic carbocycles. The van der Waals surface area contributed by atoms with Crippen LogP contribution in [-0.2, 0) is 37.7 Å². The first kappa shape index (κ1) is 9.49. The molecule has 0 aliphatic rings. The van der Waals surface area contributed by atoms with Crippen LogP contribution in [-0.4, -0.2) is 11.6 Å². The summed E-state index contributed by atoms with van der Waals surface area (Å²) in [6.07, 6.45) is 0. The van der Waals surface area contributed by atoms with E-state index >= 15 is 0 Å². The van der Waals surface area contributed by atoms with Gasteiger partial charge in [-0.15, -0.1) is 0 Å². The third kappa shape index (κ3) is 37.7. The molecule has 5 heavy (non-hydrogen) atoms. The molecule has 0 amide bonds. The van der Waals surface area contributed by atoms with Crippen LogP contribution in [0.1, 0.15) is 0 Å². The van der Waals surface area contributed by atoms with Gasteiger partial charge in [-0.2, -0.15) is 0 Å². The van der Waals surface area contributed by atoms with Crippen molar-refractivity contribution in [1.29, 1.82) is 0 Å². The Morgan fingerprint density at radius 1 is 1.00 bits per heavy atom. The van der Waals surface area contributed by atoms with Gasteiger partial charge in [0.15, 0.2) is 0 Å². The first-order valence-electron chi connectivity index (χ1n) is 0.447. The van der Waals surface area contributed by atoms with E-state index in [1.165, 1.54) is 0 Å².